The number of carbonyl (C=O) groups excluding carboxylic acids is 2. The number of esters is 1. The molecule has 0 saturated carbocycles. The van der Waals surface area contributed by atoms with E-state index < -0.39 is 6.09 Å². The SMILES string of the molecule is CCC(CC(=O)OC)NC(=O)OCC1c2ccccc2-c2ccccc21. The lowest BCUT2D eigenvalue weighted by Crippen LogP contribution is -2.37. The zero-order valence-electron chi connectivity index (χ0n) is 15.0. The van der Waals surface area contributed by atoms with Crippen LogP contribution in [0.15, 0.2) is 48.5 Å². The molecule has 1 unspecified atom stereocenters. The van der Waals surface area contributed by atoms with Gasteiger partial charge in [0.25, 0.3) is 0 Å². The van der Waals surface area contributed by atoms with Crippen molar-refractivity contribution in [3.63, 3.8) is 0 Å². The van der Waals surface area contributed by atoms with Crippen molar-refractivity contribution in [1.29, 1.82) is 0 Å². The summed E-state index contributed by atoms with van der Waals surface area (Å²) < 4.78 is 10.1. The predicted molar refractivity (Wildman–Crippen MR) is 98.9 cm³/mol. The first kappa shape index (κ1) is 18.0. The predicted octanol–water partition coefficient (Wildman–Crippen LogP) is 3.87. The van der Waals surface area contributed by atoms with Gasteiger partial charge >= 0.3 is 12.1 Å². The van der Waals surface area contributed by atoms with Gasteiger partial charge in [0, 0.05) is 12.0 Å². The number of hydrogen-bond donors (Lipinski definition) is 1. The Morgan fingerprint density at radius 2 is 1.62 bits per heavy atom. The van der Waals surface area contributed by atoms with E-state index in [1.54, 1.807) is 0 Å². The quantitative estimate of drug-likeness (QED) is 0.801. The van der Waals surface area contributed by atoms with Crippen molar-refractivity contribution in [1.82, 2.24) is 5.32 Å². The first-order valence-corrected chi connectivity index (χ1v) is 8.82. The Balaban J connectivity index is 1.66. The van der Waals surface area contributed by atoms with Gasteiger partial charge in [0.2, 0.25) is 0 Å². The molecule has 0 radical (unpaired) electrons. The normalized spacial score (nSPS) is 13.5. The maximum atomic E-state index is 12.2. The van der Waals surface area contributed by atoms with Crippen LogP contribution < -0.4 is 5.32 Å². The fourth-order valence-corrected chi connectivity index (χ4v) is 3.39. The Kier molecular flexibility index (Phi) is 5.56. The molecule has 1 N–H and O–H groups in total. The molecule has 136 valence electrons. The molecule has 2 aromatic carbocycles. The molecular weight excluding hydrogens is 330 g/mol. The van der Waals surface area contributed by atoms with Crippen LogP contribution in [0.25, 0.3) is 11.1 Å². The summed E-state index contributed by atoms with van der Waals surface area (Å²) in [5.74, 6) is -0.329. The fraction of sp³-hybridized carbons (Fsp3) is 0.333. The third-order valence-corrected chi connectivity index (χ3v) is 4.80. The van der Waals surface area contributed by atoms with Crippen molar-refractivity contribution in [3.05, 3.63) is 59.7 Å². The van der Waals surface area contributed by atoms with Crippen molar-refractivity contribution < 1.29 is 19.1 Å². The van der Waals surface area contributed by atoms with Crippen LogP contribution >= 0.6 is 0 Å². The molecule has 2 aromatic rings. The highest BCUT2D eigenvalue weighted by molar-refractivity contribution is 5.79. The van der Waals surface area contributed by atoms with Gasteiger partial charge in [0.05, 0.1) is 13.5 Å². The zero-order valence-corrected chi connectivity index (χ0v) is 15.0. The van der Waals surface area contributed by atoms with Gasteiger partial charge < -0.3 is 14.8 Å². The van der Waals surface area contributed by atoms with Crippen LogP contribution in [0.3, 0.4) is 0 Å². The van der Waals surface area contributed by atoms with Gasteiger partial charge in [-0.2, -0.15) is 0 Å². The average molecular weight is 353 g/mol. The fourth-order valence-electron chi connectivity index (χ4n) is 3.39. The molecule has 1 aliphatic carbocycles. The number of methoxy groups -OCH3 is 1. The van der Waals surface area contributed by atoms with Gasteiger partial charge in [0.15, 0.2) is 0 Å². The van der Waals surface area contributed by atoms with Crippen LogP contribution in [0.4, 0.5) is 4.79 Å². The van der Waals surface area contributed by atoms with Crippen LogP contribution in [0, 0.1) is 0 Å². The topological polar surface area (TPSA) is 64.6 Å². The Bertz CT molecular complexity index is 757. The molecule has 0 aliphatic heterocycles. The van der Waals surface area contributed by atoms with Crippen LogP contribution in [-0.4, -0.2) is 31.8 Å². The second-order valence-corrected chi connectivity index (χ2v) is 6.36. The monoisotopic (exact) mass is 353 g/mol. The van der Waals surface area contributed by atoms with E-state index >= 15 is 0 Å². The summed E-state index contributed by atoms with van der Waals surface area (Å²) in [4.78, 5) is 23.6. The number of alkyl carbamates (subject to hydrolysis) is 1. The second-order valence-electron chi connectivity index (χ2n) is 6.36. The lowest BCUT2D eigenvalue weighted by Gasteiger charge is -2.18. The zero-order chi connectivity index (χ0) is 18.5. The maximum absolute atomic E-state index is 12.2. The third kappa shape index (κ3) is 3.72. The van der Waals surface area contributed by atoms with E-state index in [0.29, 0.717) is 6.42 Å². The molecule has 0 heterocycles. The van der Waals surface area contributed by atoms with E-state index in [2.05, 4.69) is 34.3 Å². The third-order valence-electron chi connectivity index (χ3n) is 4.80. The van der Waals surface area contributed by atoms with E-state index in [-0.39, 0.29) is 31.0 Å². The number of fused-ring (bicyclic) bond motifs is 3. The number of rotatable bonds is 6. The number of nitrogens with one attached hydrogen (secondary N) is 1. The summed E-state index contributed by atoms with van der Waals surface area (Å²) in [6.07, 6.45) is 0.249. The summed E-state index contributed by atoms with van der Waals surface area (Å²) in [5, 5.41) is 2.74. The summed E-state index contributed by atoms with van der Waals surface area (Å²) in [7, 11) is 1.34. The number of ether oxygens (including phenoxy) is 2. The number of amides is 1. The Labute approximate surface area is 153 Å². The van der Waals surface area contributed by atoms with Crippen LogP contribution in [-0.2, 0) is 14.3 Å². The van der Waals surface area contributed by atoms with E-state index in [1.807, 2.05) is 31.2 Å². The largest absolute Gasteiger partial charge is 0.469 e. The highest BCUT2D eigenvalue weighted by atomic mass is 16.5. The van der Waals surface area contributed by atoms with Gasteiger partial charge in [-0.05, 0) is 28.7 Å². The summed E-state index contributed by atoms with van der Waals surface area (Å²) in [6.45, 7) is 2.16. The summed E-state index contributed by atoms with van der Waals surface area (Å²) in [5.41, 5.74) is 4.72. The maximum Gasteiger partial charge on any atom is 0.407 e. The molecule has 1 aliphatic rings. The molecule has 1 amide bonds. The lowest BCUT2D eigenvalue weighted by molar-refractivity contribution is -0.141. The molecule has 1 atom stereocenters. The molecule has 26 heavy (non-hydrogen) atoms. The first-order chi connectivity index (χ1) is 12.6. The second kappa shape index (κ2) is 8.04. The molecule has 0 saturated heterocycles. The van der Waals surface area contributed by atoms with Crippen LogP contribution in [0.2, 0.25) is 0 Å². The van der Waals surface area contributed by atoms with Crippen molar-refractivity contribution in [2.75, 3.05) is 13.7 Å². The minimum absolute atomic E-state index is 0.0221. The first-order valence-electron chi connectivity index (χ1n) is 8.82. The van der Waals surface area contributed by atoms with Crippen molar-refractivity contribution in [3.8, 4) is 11.1 Å². The van der Waals surface area contributed by atoms with Crippen LogP contribution in [0.5, 0.6) is 0 Å². The molecule has 0 aromatic heterocycles. The molecule has 0 bridgehead atoms. The highest BCUT2D eigenvalue weighted by Crippen LogP contribution is 2.44. The minimum Gasteiger partial charge on any atom is -0.469 e. The van der Waals surface area contributed by atoms with Gasteiger partial charge in [0.1, 0.15) is 6.61 Å². The van der Waals surface area contributed by atoms with Crippen LogP contribution in [0.1, 0.15) is 36.8 Å². The van der Waals surface area contributed by atoms with Crippen molar-refractivity contribution >= 4 is 12.1 Å². The standard InChI is InChI=1S/C21H23NO4/c1-3-14(12-20(23)25-2)22-21(24)26-13-19-17-10-6-4-8-15(17)16-9-5-7-11-18(16)19/h4-11,14,19H,3,12-13H2,1-2H3,(H,22,24). The molecular formula is C21H23NO4. The Hall–Kier alpha value is -2.82. The van der Waals surface area contributed by atoms with Crippen molar-refractivity contribution in [2.45, 2.75) is 31.7 Å². The number of hydrogen-bond acceptors (Lipinski definition) is 4. The van der Waals surface area contributed by atoms with Gasteiger partial charge in [-0.3, -0.25) is 4.79 Å². The summed E-state index contributed by atoms with van der Waals surface area (Å²) in [6, 6.07) is 16.1. The minimum atomic E-state index is -0.511. The van der Waals surface area contributed by atoms with E-state index in [0.717, 1.165) is 0 Å². The smallest absolute Gasteiger partial charge is 0.407 e. The molecule has 3 rings (SSSR count). The Morgan fingerprint density at radius 1 is 1.04 bits per heavy atom. The van der Waals surface area contributed by atoms with Gasteiger partial charge in [-0.25, -0.2) is 4.79 Å². The van der Waals surface area contributed by atoms with E-state index in [1.165, 1.54) is 29.4 Å². The molecule has 5 heteroatoms. The van der Waals surface area contributed by atoms with Crippen molar-refractivity contribution in [2.24, 2.45) is 0 Å². The van der Waals surface area contributed by atoms with Gasteiger partial charge in [-0.15, -0.1) is 0 Å². The lowest BCUT2D eigenvalue weighted by atomic mass is 9.98. The Morgan fingerprint density at radius 3 is 2.15 bits per heavy atom. The van der Waals surface area contributed by atoms with E-state index in [4.69, 9.17) is 4.74 Å². The highest BCUT2D eigenvalue weighted by Gasteiger charge is 2.29. The molecule has 0 fully saturated rings. The number of benzene rings is 2. The van der Waals surface area contributed by atoms with E-state index in [9.17, 15) is 9.59 Å². The number of carbonyl (C=O) groups is 2. The molecule has 5 nitrogen and oxygen atoms in total. The average Bonchev–Trinajstić information content (AvgIpc) is 2.99. The molecule has 0 spiro atoms. The van der Waals surface area contributed by atoms with Gasteiger partial charge in [-0.1, -0.05) is 55.5 Å². The summed E-state index contributed by atoms with van der Waals surface area (Å²) >= 11 is 0.